The topological polar surface area (TPSA) is 38.0 Å². The number of hydrogen-bond acceptors (Lipinski definition) is 1. The van der Waals surface area contributed by atoms with Crippen LogP contribution >= 0.6 is 12.2 Å². The SMILES string of the molecule is NC(=S)Nc1ccc(C2(C(F)(F)F)CC2)cc1. The summed E-state index contributed by atoms with van der Waals surface area (Å²) in [5.41, 5.74) is 4.54. The lowest BCUT2D eigenvalue weighted by Gasteiger charge is -2.19. The van der Waals surface area contributed by atoms with Gasteiger partial charge in [-0.1, -0.05) is 12.1 Å². The maximum Gasteiger partial charge on any atom is 0.398 e. The zero-order valence-electron chi connectivity index (χ0n) is 8.84. The van der Waals surface area contributed by atoms with Crippen LogP contribution in [0.3, 0.4) is 0 Å². The molecule has 1 saturated carbocycles. The van der Waals surface area contributed by atoms with Gasteiger partial charge in [-0.25, -0.2) is 0 Å². The lowest BCUT2D eigenvalue weighted by Crippen LogP contribution is -2.28. The molecule has 0 amide bonds. The Morgan fingerprint density at radius 1 is 1.24 bits per heavy atom. The molecule has 2 nitrogen and oxygen atoms in total. The van der Waals surface area contributed by atoms with Gasteiger partial charge < -0.3 is 11.1 Å². The minimum absolute atomic E-state index is 0.0923. The van der Waals surface area contributed by atoms with Gasteiger partial charge in [-0.15, -0.1) is 0 Å². The van der Waals surface area contributed by atoms with Crippen molar-refractivity contribution in [1.29, 1.82) is 0 Å². The van der Waals surface area contributed by atoms with Crippen molar-refractivity contribution in [2.45, 2.75) is 24.4 Å². The van der Waals surface area contributed by atoms with E-state index in [-0.39, 0.29) is 18.0 Å². The minimum Gasteiger partial charge on any atom is -0.376 e. The van der Waals surface area contributed by atoms with E-state index in [1.807, 2.05) is 0 Å². The van der Waals surface area contributed by atoms with Crippen molar-refractivity contribution in [1.82, 2.24) is 0 Å². The van der Waals surface area contributed by atoms with E-state index in [0.717, 1.165) is 0 Å². The first-order chi connectivity index (χ1) is 7.85. The van der Waals surface area contributed by atoms with Gasteiger partial charge >= 0.3 is 6.18 Å². The summed E-state index contributed by atoms with van der Waals surface area (Å²) in [6.45, 7) is 0. The van der Waals surface area contributed by atoms with Crippen LogP contribution in [0.4, 0.5) is 18.9 Å². The van der Waals surface area contributed by atoms with Gasteiger partial charge in [0, 0.05) is 5.69 Å². The number of nitrogens with one attached hydrogen (secondary N) is 1. The number of benzene rings is 1. The Labute approximate surface area is 102 Å². The van der Waals surface area contributed by atoms with Crippen LogP contribution in [0.15, 0.2) is 24.3 Å². The Morgan fingerprint density at radius 3 is 2.12 bits per heavy atom. The Kier molecular flexibility index (Phi) is 2.77. The standard InChI is InChI=1S/C11H11F3N2S/c12-11(13,14)10(5-6-10)7-1-3-8(4-2-7)16-9(15)17/h1-4H,5-6H2,(H3,15,16,17). The highest BCUT2D eigenvalue weighted by Crippen LogP contribution is 2.58. The number of alkyl halides is 3. The second-order valence-electron chi connectivity index (χ2n) is 4.15. The Hall–Kier alpha value is -1.30. The van der Waals surface area contributed by atoms with Crippen LogP contribution in [-0.4, -0.2) is 11.3 Å². The van der Waals surface area contributed by atoms with E-state index in [2.05, 4.69) is 17.5 Å². The number of thiocarbonyl (C=S) groups is 1. The first-order valence-corrected chi connectivity index (χ1v) is 5.50. The molecular weight excluding hydrogens is 249 g/mol. The first-order valence-electron chi connectivity index (χ1n) is 5.09. The lowest BCUT2D eigenvalue weighted by atomic mass is 9.95. The third kappa shape index (κ3) is 2.22. The van der Waals surface area contributed by atoms with Gasteiger partial charge in [-0.05, 0) is 42.8 Å². The molecule has 1 aliphatic carbocycles. The summed E-state index contributed by atoms with van der Waals surface area (Å²) in [7, 11) is 0. The summed E-state index contributed by atoms with van der Waals surface area (Å²) in [6, 6.07) is 6.06. The molecule has 1 fully saturated rings. The van der Waals surface area contributed by atoms with Crippen LogP contribution in [-0.2, 0) is 5.41 Å². The van der Waals surface area contributed by atoms with Crippen LogP contribution in [0, 0.1) is 0 Å². The van der Waals surface area contributed by atoms with Crippen LogP contribution in [0.25, 0.3) is 0 Å². The number of rotatable bonds is 2. The number of nitrogens with two attached hydrogens (primary N) is 1. The molecule has 17 heavy (non-hydrogen) atoms. The van der Waals surface area contributed by atoms with Crippen LogP contribution in [0.5, 0.6) is 0 Å². The van der Waals surface area contributed by atoms with Gasteiger partial charge in [0.25, 0.3) is 0 Å². The van der Waals surface area contributed by atoms with Crippen molar-refractivity contribution in [2.75, 3.05) is 5.32 Å². The van der Waals surface area contributed by atoms with Gasteiger partial charge in [0.1, 0.15) is 0 Å². The smallest absolute Gasteiger partial charge is 0.376 e. The third-order valence-electron chi connectivity index (χ3n) is 3.00. The third-order valence-corrected chi connectivity index (χ3v) is 3.10. The maximum absolute atomic E-state index is 12.8. The fourth-order valence-corrected chi connectivity index (χ4v) is 1.99. The van der Waals surface area contributed by atoms with Gasteiger partial charge in [-0.2, -0.15) is 13.2 Å². The van der Waals surface area contributed by atoms with E-state index < -0.39 is 11.6 Å². The lowest BCUT2D eigenvalue weighted by molar-refractivity contribution is -0.160. The molecule has 0 aliphatic heterocycles. The molecule has 0 heterocycles. The zero-order chi connectivity index (χ0) is 12.7. The predicted molar refractivity (Wildman–Crippen MR) is 63.8 cm³/mol. The highest BCUT2D eigenvalue weighted by atomic mass is 32.1. The van der Waals surface area contributed by atoms with Crippen molar-refractivity contribution in [3.8, 4) is 0 Å². The molecule has 0 saturated heterocycles. The quantitative estimate of drug-likeness (QED) is 0.803. The number of hydrogen-bond donors (Lipinski definition) is 2. The highest BCUT2D eigenvalue weighted by molar-refractivity contribution is 7.80. The fourth-order valence-electron chi connectivity index (χ4n) is 1.88. The molecule has 0 bridgehead atoms. The largest absolute Gasteiger partial charge is 0.398 e. The van der Waals surface area contributed by atoms with Crippen molar-refractivity contribution < 1.29 is 13.2 Å². The molecule has 0 atom stereocenters. The number of anilines is 1. The molecule has 92 valence electrons. The van der Waals surface area contributed by atoms with Gasteiger partial charge in [0.05, 0.1) is 5.41 Å². The normalized spacial score (nSPS) is 17.6. The molecule has 1 aliphatic rings. The van der Waals surface area contributed by atoms with E-state index in [9.17, 15) is 13.2 Å². The van der Waals surface area contributed by atoms with E-state index in [4.69, 9.17) is 5.73 Å². The van der Waals surface area contributed by atoms with E-state index in [1.165, 1.54) is 12.1 Å². The van der Waals surface area contributed by atoms with Crippen molar-refractivity contribution in [3.63, 3.8) is 0 Å². The molecule has 1 aromatic carbocycles. The summed E-state index contributed by atoms with van der Waals surface area (Å²) >= 11 is 4.64. The van der Waals surface area contributed by atoms with Gasteiger partial charge in [0.2, 0.25) is 0 Å². The molecule has 6 heteroatoms. The zero-order valence-corrected chi connectivity index (χ0v) is 9.66. The summed E-state index contributed by atoms with van der Waals surface area (Å²) in [4.78, 5) is 0. The average Bonchev–Trinajstić information content (AvgIpc) is 2.97. The van der Waals surface area contributed by atoms with E-state index in [0.29, 0.717) is 11.3 Å². The average molecular weight is 260 g/mol. The molecule has 0 spiro atoms. The second kappa shape index (κ2) is 3.87. The van der Waals surface area contributed by atoms with Crippen molar-refractivity contribution >= 4 is 23.0 Å². The van der Waals surface area contributed by atoms with E-state index in [1.54, 1.807) is 12.1 Å². The number of halogens is 3. The fraction of sp³-hybridized carbons (Fsp3) is 0.364. The highest BCUT2D eigenvalue weighted by Gasteiger charge is 2.64. The first kappa shape index (κ1) is 12.2. The molecule has 0 radical (unpaired) electrons. The summed E-state index contributed by atoms with van der Waals surface area (Å²) in [5, 5.41) is 2.76. The monoisotopic (exact) mass is 260 g/mol. The van der Waals surface area contributed by atoms with E-state index >= 15 is 0 Å². The van der Waals surface area contributed by atoms with Gasteiger partial charge in [0.15, 0.2) is 5.11 Å². The molecule has 1 aromatic rings. The van der Waals surface area contributed by atoms with Crippen LogP contribution < -0.4 is 11.1 Å². The maximum atomic E-state index is 12.8. The van der Waals surface area contributed by atoms with Gasteiger partial charge in [-0.3, -0.25) is 0 Å². The Balaban J connectivity index is 2.22. The van der Waals surface area contributed by atoms with Crippen LogP contribution in [0.1, 0.15) is 18.4 Å². The minimum atomic E-state index is -4.18. The summed E-state index contributed by atoms with van der Waals surface area (Å²) < 4.78 is 38.5. The molecule has 0 aromatic heterocycles. The Morgan fingerprint density at radius 2 is 1.76 bits per heavy atom. The molecule has 0 unspecified atom stereocenters. The summed E-state index contributed by atoms with van der Waals surface area (Å²) in [6.07, 6.45) is -3.84. The molecule has 2 rings (SSSR count). The summed E-state index contributed by atoms with van der Waals surface area (Å²) in [5.74, 6) is 0. The van der Waals surface area contributed by atoms with Crippen LogP contribution in [0.2, 0.25) is 0 Å². The van der Waals surface area contributed by atoms with Crippen molar-refractivity contribution in [3.05, 3.63) is 29.8 Å². The van der Waals surface area contributed by atoms with Crippen molar-refractivity contribution in [2.24, 2.45) is 5.73 Å². The Bertz CT molecular complexity index is 435. The molecular formula is C11H11F3N2S. The second-order valence-corrected chi connectivity index (χ2v) is 4.59. The molecule has 3 N–H and O–H groups in total. The predicted octanol–water partition coefficient (Wildman–Crippen LogP) is 2.94.